The molecular formula is C16H22O3. The first-order valence-electron chi connectivity index (χ1n) is 7.13. The fourth-order valence-corrected chi connectivity index (χ4v) is 3.62. The highest BCUT2D eigenvalue weighted by Gasteiger charge is 2.60. The van der Waals surface area contributed by atoms with Crippen LogP contribution in [-0.2, 0) is 16.1 Å². The van der Waals surface area contributed by atoms with E-state index < -0.39 is 11.7 Å². The van der Waals surface area contributed by atoms with Gasteiger partial charge in [0.2, 0.25) is 0 Å². The lowest BCUT2D eigenvalue weighted by atomic mass is 9.92. The summed E-state index contributed by atoms with van der Waals surface area (Å²) in [5.74, 6) is 0.357. The van der Waals surface area contributed by atoms with Crippen LogP contribution in [0.1, 0.15) is 32.3 Å². The summed E-state index contributed by atoms with van der Waals surface area (Å²) in [6.45, 7) is 4.74. The zero-order valence-corrected chi connectivity index (χ0v) is 11.6. The third kappa shape index (κ3) is 2.20. The maximum atomic E-state index is 10.4. The minimum atomic E-state index is -0.505. The number of hydrogen-bond acceptors (Lipinski definition) is 3. The molecule has 3 heteroatoms. The fraction of sp³-hybridized carbons (Fsp3) is 0.625. The molecule has 2 fully saturated rings. The molecule has 19 heavy (non-hydrogen) atoms. The van der Waals surface area contributed by atoms with E-state index in [-0.39, 0.29) is 12.2 Å². The van der Waals surface area contributed by atoms with Crippen LogP contribution in [0.2, 0.25) is 0 Å². The molecule has 0 spiro atoms. The van der Waals surface area contributed by atoms with E-state index >= 15 is 0 Å². The van der Waals surface area contributed by atoms with Gasteiger partial charge in [0, 0.05) is 6.42 Å². The van der Waals surface area contributed by atoms with Crippen LogP contribution in [0.15, 0.2) is 30.3 Å². The van der Waals surface area contributed by atoms with Crippen LogP contribution in [0, 0.1) is 5.92 Å². The van der Waals surface area contributed by atoms with Crippen molar-refractivity contribution in [2.45, 2.75) is 57.2 Å². The Morgan fingerprint density at radius 3 is 2.79 bits per heavy atom. The number of benzene rings is 1. The van der Waals surface area contributed by atoms with Crippen molar-refractivity contribution in [3.05, 3.63) is 35.9 Å². The Labute approximate surface area is 114 Å². The van der Waals surface area contributed by atoms with Crippen LogP contribution in [-0.4, -0.2) is 29.0 Å². The van der Waals surface area contributed by atoms with Gasteiger partial charge in [-0.05, 0) is 24.8 Å². The largest absolute Gasteiger partial charge is 0.390 e. The second-order valence-corrected chi connectivity index (χ2v) is 6.03. The third-order valence-corrected chi connectivity index (χ3v) is 4.49. The topological polar surface area (TPSA) is 38.7 Å². The molecule has 2 aliphatic rings. The number of fused-ring (bicyclic) bond motifs is 1. The summed E-state index contributed by atoms with van der Waals surface area (Å²) < 4.78 is 12.2. The highest BCUT2D eigenvalue weighted by atomic mass is 16.6. The van der Waals surface area contributed by atoms with Crippen LogP contribution in [0.4, 0.5) is 0 Å². The Morgan fingerprint density at radius 2 is 2.05 bits per heavy atom. The standard InChI is InChI=1S/C16H22O3/c1-11-8-14(17)16(9-12(2)19-15(11)16)18-10-13-6-4-3-5-7-13/h3-7,11-12,14-15,17H,8-10H2,1-2H3/t11-,12+,14?,15-,16-/m1/s1. The van der Waals surface area contributed by atoms with E-state index in [0.717, 1.165) is 18.4 Å². The van der Waals surface area contributed by atoms with E-state index in [1.54, 1.807) is 0 Å². The summed E-state index contributed by atoms with van der Waals surface area (Å²) >= 11 is 0. The number of rotatable bonds is 3. The highest BCUT2D eigenvalue weighted by Crippen LogP contribution is 2.48. The van der Waals surface area contributed by atoms with E-state index in [0.29, 0.717) is 12.5 Å². The lowest BCUT2D eigenvalue weighted by Gasteiger charge is -2.32. The quantitative estimate of drug-likeness (QED) is 0.909. The van der Waals surface area contributed by atoms with Gasteiger partial charge in [0.15, 0.2) is 0 Å². The molecule has 1 aliphatic heterocycles. The first kappa shape index (κ1) is 13.1. The van der Waals surface area contributed by atoms with Gasteiger partial charge in [-0.25, -0.2) is 0 Å². The van der Waals surface area contributed by atoms with E-state index in [1.165, 1.54) is 0 Å². The van der Waals surface area contributed by atoms with E-state index in [1.807, 2.05) is 18.2 Å². The molecule has 0 aromatic heterocycles. The lowest BCUT2D eigenvalue weighted by molar-refractivity contribution is -0.137. The molecular weight excluding hydrogens is 240 g/mol. The average molecular weight is 262 g/mol. The van der Waals surface area contributed by atoms with Crippen LogP contribution in [0.5, 0.6) is 0 Å². The van der Waals surface area contributed by atoms with Crippen molar-refractivity contribution in [3.8, 4) is 0 Å². The van der Waals surface area contributed by atoms with Crippen LogP contribution in [0.3, 0.4) is 0 Å². The number of hydrogen-bond donors (Lipinski definition) is 1. The van der Waals surface area contributed by atoms with Gasteiger partial charge in [0.25, 0.3) is 0 Å². The molecule has 3 nitrogen and oxygen atoms in total. The first-order chi connectivity index (χ1) is 9.12. The van der Waals surface area contributed by atoms with Crippen LogP contribution >= 0.6 is 0 Å². The van der Waals surface area contributed by atoms with Crippen LogP contribution < -0.4 is 0 Å². The van der Waals surface area contributed by atoms with Crippen molar-refractivity contribution in [3.63, 3.8) is 0 Å². The molecule has 1 saturated carbocycles. The SMILES string of the molecule is C[C@@H]1CC(O)[C@]2(OCc3ccccc3)C[C@H](C)O[C@H]12. The van der Waals surface area contributed by atoms with Crippen LogP contribution in [0.25, 0.3) is 0 Å². The van der Waals surface area contributed by atoms with Gasteiger partial charge in [0.05, 0.1) is 24.9 Å². The van der Waals surface area contributed by atoms with Crippen molar-refractivity contribution in [2.24, 2.45) is 5.92 Å². The predicted octanol–water partition coefficient (Wildman–Crippen LogP) is 2.52. The Kier molecular flexibility index (Phi) is 3.37. The number of ether oxygens (including phenoxy) is 2. The Bertz CT molecular complexity index is 433. The lowest BCUT2D eigenvalue weighted by Crippen LogP contribution is -2.46. The van der Waals surface area contributed by atoms with Gasteiger partial charge in [-0.3, -0.25) is 0 Å². The first-order valence-corrected chi connectivity index (χ1v) is 7.13. The van der Waals surface area contributed by atoms with E-state index in [4.69, 9.17) is 9.47 Å². The van der Waals surface area contributed by atoms with Gasteiger partial charge in [-0.1, -0.05) is 37.3 Å². The average Bonchev–Trinajstić information content (AvgIpc) is 2.85. The third-order valence-electron chi connectivity index (χ3n) is 4.49. The smallest absolute Gasteiger partial charge is 0.123 e. The Morgan fingerprint density at radius 1 is 1.32 bits per heavy atom. The zero-order valence-electron chi connectivity index (χ0n) is 11.6. The molecule has 0 amide bonds. The highest BCUT2D eigenvalue weighted by molar-refractivity contribution is 5.15. The van der Waals surface area contributed by atoms with E-state index in [2.05, 4.69) is 26.0 Å². The molecule has 0 bridgehead atoms. The van der Waals surface area contributed by atoms with Crippen molar-refractivity contribution in [1.82, 2.24) is 0 Å². The predicted molar refractivity (Wildman–Crippen MR) is 72.7 cm³/mol. The monoisotopic (exact) mass is 262 g/mol. The summed E-state index contributed by atoms with van der Waals surface area (Å²) in [4.78, 5) is 0. The molecule has 5 atom stereocenters. The van der Waals surface area contributed by atoms with Crippen molar-refractivity contribution >= 4 is 0 Å². The summed E-state index contributed by atoms with van der Waals surface area (Å²) in [6.07, 6.45) is 1.34. The molecule has 104 valence electrons. The molecule has 0 radical (unpaired) electrons. The Balaban J connectivity index is 1.77. The van der Waals surface area contributed by atoms with Crippen molar-refractivity contribution in [1.29, 1.82) is 0 Å². The maximum absolute atomic E-state index is 10.4. The molecule has 1 N–H and O–H groups in total. The van der Waals surface area contributed by atoms with Crippen molar-refractivity contribution < 1.29 is 14.6 Å². The van der Waals surface area contributed by atoms with Gasteiger partial charge < -0.3 is 14.6 Å². The molecule has 1 heterocycles. The summed E-state index contributed by atoms with van der Waals surface area (Å²) in [7, 11) is 0. The normalized spacial score (nSPS) is 41.4. The van der Waals surface area contributed by atoms with E-state index in [9.17, 15) is 5.11 Å². The van der Waals surface area contributed by atoms with Gasteiger partial charge in [0.1, 0.15) is 5.60 Å². The molecule has 3 rings (SSSR count). The fourth-order valence-electron chi connectivity index (χ4n) is 3.62. The molecule has 1 aromatic carbocycles. The maximum Gasteiger partial charge on any atom is 0.123 e. The molecule has 1 aromatic rings. The second kappa shape index (κ2) is 4.89. The second-order valence-electron chi connectivity index (χ2n) is 6.03. The summed E-state index contributed by atoms with van der Waals surface area (Å²) in [5, 5.41) is 10.4. The number of aliphatic hydroxyl groups is 1. The van der Waals surface area contributed by atoms with Gasteiger partial charge in [-0.2, -0.15) is 0 Å². The molecule has 1 saturated heterocycles. The zero-order chi connectivity index (χ0) is 13.5. The van der Waals surface area contributed by atoms with Crippen molar-refractivity contribution in [2.75, 3.05) is 0 Å². The summed E-state index contributed by atoms with van der Waals surface area (Å²) in [5.41, 5.74) is 0.635. The molecule has 1 aliphatic carbocycles. The minimum absolute atomic E-state index is 0.0289. The number of aliphatic hydroxyl groups excluding tert-OH is 1. The Hall–Kier alpha value is -0.900. The van der Waals surface area contributed by atoms with Gasteiger partial charge in [-0.15, -0.1) is 0 Å². The molecule has 1 unspecified atom stereocenters. The summed E-state index contributed by atoms with van der Waals surface area (Å²) in [6, 6.07) is 10.1. The van der Waals surface area contributed by atoms with Gasteiger partial charge >= 0.3 is 0 Å². The minimum Gasteiger partial charge on any atom is -0.390 e.